The summed E-state index contributed by atoms with van der Waals surface area (Å²) in [7, 11) is 4.00. The molecule has 0 fully saturated rings. The van der Waals surface area contributed by atoms with Crippen molar-refractivity contribution in [1.82, 2.24) is 29.5 Å². The number of H-pyrrole nitrogens is 1. The van der Waals surface area contributed by atoms with Gasteiger partial charge in [-0.15, -0.1) is 0 Å². The van der Waals surface area contributed by atoms with Crippen molar-refractivity contribution in [3.8, 4) is 22.6 Å². The van der Waals surface area contributed by atoms with Crippen LogP contribution in [0.2, 0.25) is 0 Å². The Hall–Kier alpha value is -4.20. The molecule has 32 heavy (non-hydrogen) atoms. The van der Waals surface area contributed by atoms with E-state index in [1.807, 2.05) is 74.6 Å². The highest BCUT2D eigenvalue weighted by atomic mass is 15.3. The number of aromatic amines is 1. The Balaban J connectivity index is 1.64. The largest absolute Gasteiger partial charge is 0.397 e. The van der Waals surface area contributed by atoms with Crippen molar-refractivity contribution in [2.75, 3.05) is 24.7 Å². The molecule has 0 bridgehead atoms. The fourth-order valence-corrected chi connectivity index (χ4v) is 4.02. The Morgan fingerprint density at radius 2 is 1.88 bits per heavy atom. The van der Waals surface area contributed by atoms with Crippen LogP contribution in [0.1, 0.15) is 17.1 Å². The number of nitrogen functional groups attached to an aromatic ring is 1. The third kappa shape index (κ3) is 3.56. The number of benzene rings is 1. The van der Waals surface area contributed by atoms with Gasteiger partial charge >= 0.3 is 0 Å². The van der Waals surface area contributed by atoms with Gasteiger partial charge in [0, 0.05) is 38.0 Å². The summed E-state index contributed by atoms with van der Waals surface area (Å²) in [4.78, 5) is 19.5. The number of pyridine rings is 2. The molecule has 0 aliphatic carbocycles. The molecule has 0 aliphatic rings. The normalized spacial score (nSPS) is 11.2. The van der Waals surface area contributed by atoms with Gasteiger partial charge in [0.25, 0.3) is 0 Å². The number of nitrogens with zero attached hydrogens (tertiary/aromatic N) is 6. The molecule has 5 rings (SSSR count). The number of nitrogens with two attached hydrogens (primary N) is 1. The summed E-state index contributed by atoms with van der Waals surface area (Å²) < 4.78 is 1.75. The number of aromatic nitrogens is 6. The Labute approximate surface area is 185 Å². The van der Waals surface area contributed by atoms with Crippen LogP contribution in [0, 0.1) is 6.92 Å². The number of fused-ring (bicyclic) bond motifs is 1. The van der Waals surface area contributed by atoms with E-state index in [-0.39, 0.29) is 0 Å². The van der Waals surface area contributed by atoms with Crippen molar-refractivity contribution >= 4 is 17.0 Å². The zero-order chi connectivity index (χ0) is 22.2. The van der Waals surface area contributed by atoms with E-state index in [9.17, 15) is 0 Å². The van der Waals surface area contributed by atoms with Crippen LogP contribution in [0.25, 0.3) is 28.3 Å². The van der Waals surface area contributed by atoms with E-state index in [0.717, 1.165) is 56.7 Å². The lowest BCUT2D eigenvalue weighted by Crippen LogP contribution is -2.14. The zero-order valence-corrected chi connectivity index (χ0v) is 18.2. The van der Waals surface area contributed by atoms with Gasteiger partial charge in [0.1, 0.15) is 12.2 Å². The van der Waals surface area contributed by atoms with Crippen LogP contribution in [0.4, 0.5) is 11.4 Å². The van der Waals surface area contributed by atoms with Gasteiger partial charge < -0.3 is 15.6 Å². The second kappa shape index (κ2) is 7.81. The lowest BCUT2D eigenvalue weighted by atomic mass is 10.1. The lowest BCUT2D eigenvalue weighted by Gasteiger charge is -2.19. The molecule has 0 saturated heterocycles. The Bertz CT molecular complexity index is 1410. The fraction of sp³-hybridized carbons (Fsp3) is 0.167. The molecule has 0 spiro atoms. The maximum absolute atomic E-state index is 6.25. The van der Waals surface area contributed by atoms with Crippen LogP contribution in [0.15, 0.2) is 61.1 Å². The summed E-state index contributed by atoms with van der Waals surface area (Å²) in [6.45, 7) is 1.98. The molecule has 5 aromatic rings. The van der Waals surface area contributed by atoms with Gasteiger partial charge in [0.05, 0.1) is 28.5 Å². The van der Waals surface area contributed by atoms with Gasteiger partial charge in [0.2, 0.25) is 0 Å². The number of imidazole rings is 1. The van der Waals surface area contributed by atoms with Crippen LogP contribution in [-0.2, 0) is 6.42 Å². The molecule has 0 aliphatic heterocycles. The van der Waals surface area contributed by atoms with E-state index >= 15 is 0 Å². The molecular formula is C24H24N8. The molecule has 160 valence electrons. The van der Waals surface area contributed by atoms with Crippen LogP contribution in [0.3, 0.4) is 0 Å². The minimum atomic E-state index is 0.614. The van der Waals surface area contributed by atoms with Gasteiger partial charge in [-0.25, -0.2) is 14.5 Å². The predicted molar refractivity (Wildman–Crippen MR) is 127 cm³/mol. The zero-order valence-electron chi connectivity index (χ0n) is 18.2. The first-order valence-electron chi connectivity index (χ1n) is 10.4. The average molecular weight is 425 g/mol. The maximum Gasteiger partial charge on any atom is 0.155 e. The number of aryl methyl sites for hydroxylation is 1. The molecule has 4 aromatic heterocycles. The molecule has 0 amide bonds. The number of anilines is 2. The first-order valence-corrected chi connectivity index (χ1v) is 10.4. The smallest absolute Gasteiger partial charge is 0.155 e. The van der Waals surface area contributed by atoms with Gasteiger partial charge in [-0.05, 0) is 42.8 Å². The van der Waals surface area contributed by atoms with Crippen molar-refractivity contribution in [1.29, 1.82) is 0 Å². The van der Waals surface area contributed by atoms with Gasteiger partial charge in [-0.3, -0.25) is 4.98 Å². The minimum Gasteiger partial charge on any atom is -0.397 e. The van der Waals surface area contributed by atoms with E-state index in [4.69, 9.17) is 15.7 Å². The van der Waals surface area contributed by atoms with Gasteiger partial charge in [0.15, 0.2) is 5.65 Å². The highest BCUT2D eigenvalue weighted by Crippen LogP contribution is 2.32. The highest BCUT2D eigenvalue weighted by molar-refractivity contribution is 5.77. The topological polar surface area (TPSA) is 101 Å². The first kappa shape index (κ1) is 19.7. The molecule has 3 N–H and O–H groups in total. The van der Waals surface area contributed by atoms with Crippen LogP contribution in [-0.4, -0.2) is 43.6 Å². The molecule has 0 atom stereocenters. The fourth-order valence-electron chi connectivity index (χ4n) is 4.02. The molecule has 8 nitrogen and oxygen atoms in total. The third-order valence-electron chi connectivity index (χ3n) is 5.40. The number of hydrogen-bond donors (Lipinski definition) is 2. The lowest BCUT2D eigenvalue weighted by molar-refractivity contribution is 0.961. The Morgan fingerprint density at radius 3 is 2.69 bits per heavy atom. The standard InChI is InChI=1S/C24H24N8/c1-15-6-4-9-19(28-15)23-22(17-10-11-21-26-14-27-32(21)13-17)29-20(30-23)12-16-7-5-8-18(25)24(16)31(2)3/h4-11,13-14H,12,25H2,1-3H3,(H,29,30). The van der Waals surface area contributed by atoms with Crippen molar-refractivity contribution in [3.05, 3.63) is 78.1 Å². The Morgan fingerprint density at radius 1 is 1.03 bits per heavy atom. The highest BCUT2D eigenvalue weighted by Gasteiger charge is 2.18. The summed E-state index contributed by atoms with van der Waals surface area (Å²) in [5, 5.41) is 4.27. The van der Waals surface area contributed by atoms with E-state index in [1.54, 1.807) is 10.8 Å². The minimum absolute atomic E-state index is 0.614. The monoisotopic (exact) mass is 424 g/mol. The van der Waals surface area contributed by atoms with E-state index < -0.39 is 0 Å². The van der Waals surface area contributed by atoms with Crippen LogP contribution < -0.4 is 10.6 Å². The second-order valence-electron chi connectivity index (χ2n) is 7.98. The quantitative estimate of drug-likeness (QED) is 0.417. The first-order chi connectivity index (χ1) is 15.5. The van der Waals surface area contributed by atoms with Crippen LogP contribution >= 0.6 is 0 Å². The molecule has 8 heteroatoms. The summed E-state index contributed by atoms with van der Waals surface area (Å²) in [5.41, 5.74) is 14.3. The van der Waals surface area contributed by atoms with Crippen molar-refractivity contribution in [2.24, 2.45) is 0 Å². The predicted octanol–water partition coefficient (Wildman–Crippen LogP) is 3.73. The van der Waals surface area contributed by atoms with E-state index in [0.29, 0.717) is 6.42 Å². The van der Waals surface area contributed by atoms with Crippen LogP contribution in [0.5, 0.6) is 0 Å². The summed E-state index contributed by atoms with van der Waals surface area (Å²) in [6.07, 6.45) is 4.09. The van der Waals surface area contributed by atoms with Gasteiger partial charge in [-0.1, -0.05) is 18.2 Å². The number of nitrogens with one attached hydrogen (secondary N) is 1. The van der Waals surface area contributed by atoms with Gasteiger partial charge in [-0.2, -0.15) is 5.10 Å². The third-order valence-corrected chi connectivity index (χ3v) is 5.40. The Kier molecular flexibility index (Phi) is 4.82. The van der Waals surface area contributed by atoms with Crippen molar-refractivity contribution in [3.63, 3.8) is 0 Å². The summed E-state index contributed by atoms with van der Waals surface area (Å²) >= 11 is 0. The van der Waals surface area contributed by atoms with E-state index in [2.05, 4.69) is 21.1 Å². The van der Waals surface area contributed by atoms with Crippen molar-refractivity contribution < 1.29 is 0 Å². The van der Waals surface area contributed by atoms with E-state index in [1.165, 1.54) is 0 Å². The molecule has 0 radical (unpaired) electrons. The average Bonchev–Trinajstić information content (AvgIpc) is 3.40. The second-order valence-corrected chi connectivity index (χ2v) is 7.98. The van der Waals surface area contributed by atoms with Crippen molar-refractivity contribution in [2.45, 2.75) is 13.3 Å². The maximum atomic E-state index is 6.25. The molecule has 0 unspecified atom stereocenters. The molecule has 0 saturated carbocycles. The number of rotatable bonds is 5. The molecule has 4 heterocycles. The molecule has 1 aromatic carbocycles. The summed E-state index contributed by atoms with van der Waals surface area (Å²) in [6, 6.07) is 15.9. The number of hydrogen-bond acceptors (Lipinski definition) is 6. The number of para-hydroxylation sites is 1. The SMILES string of the molecule is Cc1cccc(-c2[nH]c(Cc3cccc(N)c3N(C)C)nc2-c2ccc3ncnn3c2)n1. The molecular weight excluding hydrogens is 400 g/mol. The summed E-state index contributed by atoms with van der Waals surface area (Å²) in [5.74, 6) is 0.839.